The third-order valence-electron chi connectivity index (χ3n) is 11.7. The highest BCUT2D eigenvalue weighted by Gasteiger charge is 2.19. The van der Waals surface area contributed by atoms with E-state index in [1.807, 2.05) is 0 Å². The highest BCUT2D eigenvalue weighted by Crippen LogP contribution is 2.14. The van der Waals surface area contributed by atoms with E-state index in [0.29, 0.717) is 19.3 Å². The number of hydrogen-bond acceptors (Lipinski definition) is 6. The Balaban J connectivity index is 4.35. The molecular formula is C59H102O6. The maximum atomic E-state index is 12.8. The van der Waals surface area contributed by atoms with Crippen LogP contribution < -0.4 is 0 Å². The van der Waals surface area contributed by atoms with Gasteiger partial charge >= 0.3 is 17.9 Å². The minimum absolute atomic E-state index is 0.0840. The zero-order chi connectivity index (χ0) is 47.2. The summed E-state index contributed by atoms with van der Waals surface area (Å²) in [6, 6.07) is 0. The number of hydrogen-bond donors (Lipinski definition) is 0. The Labute approximate surface area is 402 Å². The predicted molar refractivity (Wildman–Crippen MR) is 279 cm³/mol. The van der Waals surface area contributed by atoms with Gasteiger partial charge in [-0.1, -0.05) is 222 Å². The van der Waals surface area contributed by atoms with Crippen molar-refractivity contribution in [1.82, 2.24) is 0 Å². The first kappa shape index (κ1) is 61.9. The molecule has 6 nitrogen and oxygen atoms in total. The SMILES string of the molecule is CCCCC/C=C\C/C=C\C/C=C\CCCCCCCCC(=O)OC[C@@H](COC(=O)CCCCCCCCCCC)OC(=O)CCCCCCCC/C=C\C/C=C\C/C=C\CCCCC. The summed E-state index contributed by atoms with van der Waals surface area (Å²) in [5.74, 6) is -0.908. The quantitative estimate of drug-likeness (QED) is 0.0262. The zero-order valence-electron chi connectivity index (χ0n) is 42.7. The van der Waals surface area contributed by atoms with E-state index in [2.05, 4.69) is 93.7 Å². The molecule has 0 amide bonds. The maximum Gasteiger partial charge on any atom is 0.306 e. The molecular weight excluding hydrogens is 805 g/mol. The van der Waals surface area contributed by atoms with Crippen molar-refractivity contribution in [3.05, 3.63) is 72.9 Å². The highest BCUT2D eigenvalue weighted by molar-refractivity contribution is 5.71. The van der Waals surface area contributed by atoms with Gasteiger partial charge < -0.3 is 14.2 Å². The van der Waals surface area contributed by atoms with E-state index in [-0.39, 0.29) is 31.1 Å². The van der Waals surface area contributed by atoms with Crippen LogP contribution in [0.4, 0.5) is 0 Å². The molecule has 0 spiro atoms. The van der Waals surface area contributed by atoms with Crippen molar-refractivity contribution in [2.24, 2.45) is 0 Å². The number of allylic oxidation sites excluding steroid dienone is 12. The Morgan fingerprint density at radius 2 is 0.554 bits per heavy atom. The number of carbonyl (C=O) groups is 3. The van der Waals surface area contributed by atoms with E-state index < -0.39 is 6.10 Å². The molecule has 0 bridgehead atoms. The third kappa shape index (κ3) is 51.7. The molecule has 0 aromatic heterocycles. The second kappa shape index (κ2) is 53.5. The predicted octanol–water partition coefficient (Wildman–Crippen LogP) is 18.2. The number of rotatable bonds is 49. The van der Waals surface area contributed by atoms with Crippen LogP contribution in [0.1, 0.15) is 265 Å². The van der Waals surface area contributed by atoms with Crippen molar-refractivity contribution in [3.63, 3.8) is 0 Å². The summed E-state index contributed by atoms with van der Waals surface area (Å²) in [6.45, 7) is 6.55. The highest BCUT2D eigenvalue weighted by atomic mass is 16.6. The molecule has 65 heavy (non-hydrogen) atoms. The van der Waals surface area contributed by atoms with Gasteiger partial charge in [0.1, 0.15) is 13.2 Å². The molecule has 0 aromatic rings. The summed E-state index contributed by atoms with van der Waals surface area (Å²) in [5.41, 5.74) is 0. The van der Waals surface area contributed by atoms with Crippen LogP contribution in [-0.2, 0) is 28.6 Å². The van der Waals surface area contributed by atoms with E-state index in [1.54, 1.807) is 0 Å². The van der Waals surface area contributed by atoms with Gasteiger partial charge in [0.15, 0.2) is 6.10 Å². The zero-order valence-corrected chi connectivity index (χ0v) is 42.7. The van der Waals surface area contributed by atoms with Crippen LogP contribution in [0.25, 0.3) is 0 Å². The lowest BCUT2D eigenvalue weighted by atomic mass is 10.1. The van der Waals surface area contributed by atoms with Gasteiger partial charge in [-0.2, -0.15) is 0 Å². The summed E-state index contributed by atoms with van der Waals surface area (Å²) in [5, 5.41) is 0. The number of esters is 3. The molecule has 0 fully saturated rings. The van der Waals surface area contributed by atoms with Crippen LogP contribution in [0.15, 0.2) is 72.9 Å². The number of carbonyl (C=O) groups excluding carboxylic acids is 3. The van der Waals surface area contributed by atoms with Crippen LogP contribution in [0.3, 0.4) is 0 Å². The minimum Gasteiger partial charge on any atom is -0.462 e. The van der Waals surface area contributed by atoms with E-state index in [1.165, 1.54) is 122 Å². The van der Waals surface area contributed by atoms with Gasteiger partial charge in [0.25, 0.3) is 0 Å². The molecule has 0 heterocycles. The fourth-order valence-corrected chi connectivity index (χ4v) is 7.51. The number of ether oxygens (including phenoxy) is 3. The normalized spacial score (nSPS) is 12.6. The molecule has 0 radical (unpaired) electrons. The lowest BCUT2D eigenvalue weighted by molar-refractivity contribution is -0.167. The first-order valence-corrected chi connectivity index (χ1v) is 27.4. The van der Waals surface area contributed by atoms with Crippen molar-refractivity contribution < 1.29 is 28.6 Å². The Bertz CT molecular complexity index is 1230. The molecule has 0 unspecified atom stereocenters. The fourth-order valence-electron chi connectivity index (χ4n) is 7.51. The van der Waals surface area contributed by atoms with Crippen LogP contribution >= 0.6 is 0 Å². The lowest BCUT2D eigenvalue weighted by Crippen LogP contribution is -2.30. The largest absolute Gasteiger partial charge is 0.462 e. The van der Waals surface area contributed by atoms with Crippen molar-refractivity contribution in [2.75, 3.05) is 13.2 Å². The topological polar surface area (TPSA) is 78.9 Å². The van der Waals surface area contributed by atoms with Gasteiger partial charge in [-0.25, -0.2) is 0 Å². The fraction of sp³-hybridized carbons (Fsp3) is 0.746. The number of unbranched alkanes of at least 4 members (excludes halogenated alkanes) is 26. The molecule has 0 aliphatic heterocycles. The standard InChI is InChI=1S/C59H102O6/c1-4-7-10-13-16-19-21-23-25-27-29-31-33-35-37-40-43-46-49-52-58(61)64-55-56(54-63-57(60)51-48-45-42-39-18-15-12-9-6-3)65-59(62)53-50-47-44-41-38-36-34-32-30-28-26-24-22-20-17-14-11-8-5-2/h16-17,19-20,23-26,29-32,56H,4-15,18,21-22,27-28,33-55H2,1-3H3/b19-16-,20-17-,25-23-,26-24-,31-29-,32-30-/t56-/m1/s1. The van der Waals surface area contributed by atoms with Crippen LogP contribution in [0.2, 0.25) is 0 Å². The first-order valence-electron chi connectivity index (χ1n) is 27.4. The van der Waals surface area contributed by atoms with Crippen LogP contribution in [-0.4, -0.2) is 37.2 Å². The van der Waals surface area contributed by atoms with E-state index >= 15 is 0 Å². The summed E-state index contributed by atoms with van der Waals surface area (Å²) in [4.78, 5) is 38.0. The summed E-state index contributed by atoms with van der Waals surface area (Å²) >= 11 is 0. The molecule has 1 atom stereocenters. The minimum atomic E-state index is -0.786. The Hall–Kier alpha value is -3.15. The Kier molecular flexibility index (Phi) is 50.9. The Morgan fingerprint density at radius 3 is 0.892 bits per heavy atom. The summed E-state index contributed by atoms with van der Waals surface area (Å²) in [7, 11) is 0. The second-order valence-corrected chi connectivity index (χ2v) is 18.1. The van der Waals surface area contributed by atoms with Crippen molar-refractivity contribution >= 4 is 17.9 Å². The van der Waals surface area contributed by atoms with Gasteiger partial charge in [-0.15, -0.1) is 0 Å². The molecule has 0 aliphatic rings. The average Bonchev–Trinajstić information content (AvgIpc) is 3.30. The monoisotopic (exact) mass is 907 g/mol. The second-order valence-electron chi connectivity index (χ2n) is 18.1. The van der Waals surface area contributed by atoms with E-state index in [4.69, 9.17) is 14.2 Å². The van der Waals surface area contributed by atoms with Crippen molar-refractivity contribution in [3.8, 4) is 0 Å². The maximum absolute atomic E-state index is 12.8. The Morgan fingerprint density at radius 1 is 0.308 bits per heavy atom. The third-order valence-corrected chi connectivity index (χ3v) is 11.7. The first-order chi connectivity index (χ1) is 32.0. The summed E-state index contributed by atoms with van der Waals surface area (Å²) in [6.07, 6.45) is 67.4. The van der Waals surface area contributed by atoms with Gasteiger partial charge in [0.05, 0.1) is 0 Å². The van der Waals surface area contributed by atoms with Crippen LogP contribution in [0, 0.1) is 0 Å². The van der Waals surface area contributed by atoms with Gasteiger partial charge in [0, 0.05) is 19.3 Å². The molecule has 0 N–H and O–H groups in total. The lowest BCUT2D eigenvalue weighted by Gasteiger charge is -2.18. The molecule has 0 aliphatic carbocycles. The summed E-state index contributed by atoms with van der Waals surface area (Å²) < 4.78 is 16.8. The van der Waals surface area contributed by atoms with Crippen molar-refractivity contribution in [2.45, 2.75) is 271 Å². The molecule has 0 rings (SSSR count). The molecule has 374 valence electrons. The molecule has 6 heteroatoms. The van der Waals surface area contributed by atoms with Crippen LogP contribution in [0.5, 0.6) is 0 Å². The van der Waals surface area contributed by atoms with Gasteiger partial charge in [-0.3, -0.25) is 14.4 Å². The molecule has 0 saturated heterocycles. The molecule has 0 saturated carbocycles. The average molecular weight is 907 g/mol. The van der Waals surface area contributed by atoms with E-state index in [0.717, 1.165) is 103 Å². The van der Waals surface area contributed by atoms with Gasteiger partial charge in [-0.05, 0) is 96.3 Å². The van der Waals surface area contributed by atoms with Crippen molar-refractivity contribution in [1.29, 1.82) is 0 Å². The van der Waals surface area contributed by atoms with Gasteiger partial charge in [0.2, 0.25) is 0 Å². The van der Waals surface area contributed by atoms with E-state index in [9.17, 15) is 14.4 Å². The molecule has 0 aromatic carbocycles. The smallest absolute Gasteiger partial charge is 0.306 e.